The van der Waals surface area contributed by atoms with Gasteiger partial charge < -0.3 is 5.32 Å². The van der Waals surface area contributed by atoms with E-state index in [9.17, 15) is 13.2 Å². The Morgan fingerprint density at radius 3 is 2.52 bits per heavy atom. The van der Waals surface area contributed by atoms with Crippen molar-refractivity contribution in [1.29, 1.82) is 0 Å². The summed E-state index contributed by atoms with van der Waals surface area (Å²) in [6.07, 6.45) is 1.52. The highest BCUT2D eigenvalue weighted by Gasteiger charge is 2.17. The van der Waals surface area contributed by atoms with Gasteiger partial charge in [0.25, 0.3) is 5.91 Å². The molecule has 0 aliphatic heterocycles. The van der Waals surface area contributed by atoms with E-state index in [1.54, 1.807) is 30.3 Å². The molecule has 21 heavy (non-hydrogen) atoms. The van der Waals surface area contributed by atoms with Gasteiger partial charge in [-0.05, 0) is 30.3 Å². The van der Waals surface area contributed by atoms with Crippen molar-refractivity contribution in [3.63, 3.8) is 0 Å². The van der Waals surface area contributed by atoms with Crippen molar-refractivity contribution in [1.82, 2.24) is 9.29 Å². The van der Waals surface area contributed by atoms with E-state index < -0.39 is 15.9 Å². The Labute approximate surface area is 123 Å². The molecule has 0 unspecified atom stereocenters. The summed E-state index contributed by atoms with van der Waals surface area (Å²) in [5.41, 5.74) is 0.659. The van der Waals surface area contributed by atoms with Crippen LogP contribution in [0, 0.1) is 0 Å². The maximum atomic E-state index is 12.0. The lowest BCUT2D eigenvalue weighted by molar-refractivity contribution is 0.102. The number of nitrogens with one attached hydrogen (secondary N) is 1. The number of amides is 1. The average Bonchev–Trinajstić information content (AvgIpc) is 2.48. The van der Waals surface area contributed by atoms with Crippen molar-refractivity contribution < 1.29 is 13.2 Å². The minimum absolute atomic E-state index is 0.117. The molecule has 1 heterocycles. The minimum atomic E-state index is -3.53. The number of hydrogen-bond acceptors (Lipinski definition) is 4. The molecule has 0 bridgehead atoms. The number of benzene rings is 1. The molecule has 0 spiro atoms. The molecule has 0 saturated heterocycles. The van der Waals surface area contributed by atoms with Crippen LogP contribution in [0.1, 0.15) is 10.5 Å². The van der Waals surface area contributed by atoms with Crippen molar-refractivity contribution in [3.8, 4) is 0 Å². The van der Waals surface area contributed by atoms with Crippen LogP contribution in [0.3, 0.4) is 0 Å². The van der Waals surface area contributed by atoms with Gasteiger partial charge in [-0.2, -0.15) is 0 Å². The van der Waals surface area contributed by atoms with Gasteiger partial charge in [0.15, 0.2) is 0 Å². The number of sulfonamides is 1. The van der Waals surface area contributed by atoms with Crippen LogP contribution >= 0.6 is 0 Å². The maximum Gasteiger partial charge on any atom is 0.274 e. The molecule has 0 saturated carbocycles. The highest BCUT2D eigenvalue weighted by atomic mass is 32.2. The molecule has 6 nitrogen and oxygen atoms in total. The van der Waals surface area contributed by atoms with E-state index in [1.807, 2.05) is 0 Å². The van der Waals surface area contributed by atoms with Crippen LogP contribution in [0.15, 0.2) is 53.6 Å². The Morgan fingerprint density at radius 1 is 1.14 bits per heavy atom. The quantitative estimate of drug-likeness (QED) is 0.930. The molecule has 1 aromatic heterocycles. The molecule has 0 aliphatic rings. The number of anilines is 1. The summed E-state index contributed by atoms with van der Waals surface area (Å²) >= 11 is 0. The fourth-order valence-corrected chi connectivity index (χ4v) is 2.59. The van der Waals surface area contributed by atoms with Gasteiger partial charge in [-0.25, -0.2) is 12.7 Å². The molecular formula is C14H15N3O3S. The zero-order valence-corrected chi connectivity index (χ0v) is 12.5. The summed E-state index contributed by atoms with van der Waals surface area (Å²) < 4.78 is 25.2. The number of carbonyl (C=O) groups excluding carboxylic acids is 1. The van der Waals surface area contributed by atoms with E-state index in [2.05, 4.69) is 10.3 Å². The Morgan fingerprint density at radius 2 is 1.90 bits per heavy atom. The first-order valence-electron chi connectivity index (χ1n) is 6.16. The second kappa shape index (κ2) is 6.02. The average molecular weight is 305 g/mol. The number of aromatic nitrogens is 1. The summed E-state index contributed by atoms with van der Waals surface area (Å²) in [4.78, 5) is 16.0. The van der Waals surface area contributed by atoms with Crippen molar-refractivity contribution >= 4 is 21.6 Å². The number of nitrogens with zero attached hydrogens (tertiary/aromatic N) is 2. The number of hydrogen-bond donors (Lipinski definition) is 1. The predicted molar refractivity (Wildman–Crippen MR) is 79.5 cm³/mol. The molecular weight excluding hydrogens is 290 g/mol. The minimum Gasteiger partial charge on any atom is -0.321 e. The lowest BCUT2D eigenvalue weighted by Gasteiger charge is -2.12. The van der Waals surface area contributed by atoms with Crippen LogP contribution in [0.2, 0.25) is 0 Å². The lowest BCUT2D eigenvalue weighted by atomic mass is 10.3. The van der Waals surface area contributed by atoms with E-state index >= 15 is 0 Å². The second-order valence-electron chi connectivity index (χ2n) is 4.48. The molecule has 7 heteroatoms. The first-order valence-corrected chi connectivity index (χ1v) is 7.60. The maximum absolute atomic E-state index is 12.0. The van der Waals surface area contributed by atoms with E-state index in [1.165, 1.54) is 32.4 Å². The van der Waals surface area contributed by atoms with Crippen LogP contribution in [-0.2, 0) is 10.0 Å². The topological polar surface area (TPSA) is 79.4 Å². The summed E-state index contributed by atoms with van der Waals surface area (Å²) in [6, 6.07) is 11.1. The van der Waals surface area contributed by atoms with E-state index in [0.29, 0.717) is 5.69 Å². The molecule has 2 aromatic rings. The van der Waals surface area contributed by atoms with Gasteiger partial charge in [0.2, 0.25) is 10.0 Å². The van der Waals surface area contributed by atoms with Crippen LogP contribution in [0.5, 0.6) is 0 Å². The molecule has 1 N–H and O–H groups in total. The van der Waals surface area contributed by atoms with Crippen molar-refractivity contribution in [2.45, 2.75) is 4.90 Å². The molecule has 0 atom stereocenters. The monoisotopic (exact) mass is 305 g/mol. The Balaban J connectivity index is 2.25. The van der Waals surface area contributed by atoms with Crippen molar-refractivity contribution in [2.75, 3.05) is 19.4 Å². The molecule has 110 valence electrons. The van der Waals surface area contributed by atoms with Gasteiger partial charge in [-0.15, -0.1) is 0 Å². The standard InChI is InChI=1S/C14H15N3O3S/c1-17(2)21(19,20)12-7-5-6-11(10-12)16-14(18)13-8-3-4-9-15-13/h3-10H,1-2H3,(H,16,18). The Bertz CT molecular complexity index is 743. The third-order valence-electron chi connectivity index (χ3n) is 2.77. The third kappa shape index (κ3) is 3.45. The van der Waals surface area contributed by atoms with Gasteiger partial charge in [-0.1, -0.05) is 12.1 Å². The lowest BCUT2D eigenvalue weighted by Crippen LogP contribution is -2.22. The number of carbonyl (C=O) groups is 1. The molecule has 0 aliphatic carbocycles. The first-order chi connectivity index (χ1) is 9.91. The SMILES string of the molecule is CN(C)S(=O)(=O)c1cccc(NC(=O)c2ccccn2)c1. The van der Waals surface area contributed by atoms with E-state index in [-0.39, 0.29) is 10.6 Å². The smallest absolute Gasteiger partial charge is 0.274 e. The highest BCUT2D eigenvalue weighted by molar-refractivity contribution is 7.89. The van der Waals surface area contributed by atoms with Gasteiger partial charge in [0, 0.05) is 26.0 Å². The van der Waals surface area contributed by atoms with Gasteiger partial charge >= 0.3 is 0 Å². The molecule has 2 rings (SSSR count). The van der Waals surface area contributed by atoms with E-state index in [4.69, 9.17) is 0 Å². The number of rotatable bonds is 4. The largest absolute Gasteiger partial charge is 0.321 e. The van der Waals surface area contributed by atoms with Crippen LogP contribution in [0.25, 0.3) is 0 Å². The fraction of sp³-hybridized carbons (Fsp3) is 0.143. The molecule has 1 aromatic carbocycles. The van der Waals surface area contributed by atoms with Crippen LogP contribution in [-0.4, -0.2) is 37.7 Å². The molecule has 0 radical (unpaired) electrons. The zero-order chi connectivity index (χ0) is 15.5. The van der Waals surface area contributed by atoms with E-state index in [0.717, 1.165) is 4.31 Å². The summed E-state index contributed by atoms with van der Waals surface area (Å²) in [5.74, 6) is -0.394. The normalized spacial score (nSPS) is 11.4. The fourth-order valence-electron chi connectivity index (χ4n) is 1.64. The van der Waals surface area contributed by atoms with Crippen LogP contribution < -0.4 is 5.32 Å². The predicted octanol–water partition coefficient (Wildman–Crippen LogP) is 1.58. The van der Waals surface area contributed by atoms with Gasteiger partial charge in [-0.3, -0.25) is 9.78 Å². The summed E-state index contributed by atoms with van der Waals surface area (Å²) in [5, 5.41) is 2.63. The second-order valence-corrected chi connectivity index (χ2v) is 6.64. The van der Waals surface area contributed by atoms with Crippen molar-refractivity contribution in [2.24, 2.45) is 0 Å². The third-order valence-corrected chi connectivity index (χ3v) is 4.58. The van der Waals surface area contributed by atoms with Crippen molar-refractivity contribution in [3.05, 3.63) is 54.4 Å². The Kier molecular flexibility index (Phi) is 4.35. The summed E-state index contributed by atoms with van der Waals surface area (Å²) in [6.45, 7) is 0. The molecule has 0 fully saturated rings. The zero-order valence-electron chi connectivity index (χ0n) is 11.6. The first kappa shape index (κ1) is 15.1. The molecule has 1 amide bonds. The summed E-state index contributed by atoms with van der Waals surface area (Å²) in [7, 11) is -0.628. The highest BCUT2D eigenvalue weighted by Crippen LogP contribution is 2.18. The van der Waals surface area contributed by atoms with Crippen LogP contribution in [0.4, 0.5) is 5.69 Å². The Hall–Kier alpha value is -2.25. The number of pyridine rings is 1. The van der Waals surface area contributed by atoms with Gasteiger partial charge in [0.1, 0.15) is 5.69 Å². The van der Waals surface area contributed by atoms with Gasteiger partial charge in [0.05, 0.1) is 4.90 Å².